The minimum Gasteiger partial charge on any atom is -0.342 e. The lowest BCUT2D eigenvalue weighted by Crippen LogP contribution is -2.44. The molecule has 2 amide bonds. The highest BCUT2D eigenvalue weighted by Gasteiger charge is 2.38. The minimum absolute atomic E-state index is 0.0972. The Bertz CT molecular complexity index is 909. The van der Waals surface area contributed by atoms with E-state index in [1.165, 1.54) is 0 Å². The van der Waals surface area contributed by atoms with Crippen molar-refractivity contribution in [3.63, 3.8) is 0 Å². The standard InChI is InChI=1S/C23H35N5O3/c1-16-21(28-12-5-8-19(28)24-22(16)30)17-7-4-10-27(14-17)23(31)18-13-20(29)26(15-18)11-6-9-25(2)3/h17-18H,4-15H2,1-3H3/t17-,18+/m1/s1. The van der Waals surface area contributed by atoms with Gasteiger partial charge in [-0.3, -0.25) is 14.4 Å². The molecule has 2 fully saturated rings. The monoisotopic (exact) mass is 429 g/mol. The molecule has 31 heavy (non-hydrogen) atoms. The number of aromatic nitrogens is 2. The van der Waals surface area contributed by atoms with Gasteiger partial charge in [-0.2, -0.15) is 4.98 Å². The first kappa shape index (κ1) is 22.0. The number of nitrogens with zero attached hydrogens (tertiary/aromatic N) is 5. The van der Waals surface area contributed by atoms with E-state index < -0.39 is 0 Å². The molecular weight excluding hydrogens is 394 g/mol. The van der Waals surface area contributed by atoms with Crippen molar-refractivity contribution in [3.8, 4) is 0 Å². The van der Waals surface area contributed by atoms with Gasteiger partial charge in [-0.1, -0.05) is 0 Å². The van der Waals surface area contributed by atoms with E-state index in [-0.39, 0.29) is 29.2 Å². The van der Waals surface area contributed by atoms with Crippen molar-refractivity contribution in [1.29, 1.82) is 0 Å². The van der Waals surface area contributed by atoms with Crippen LogP contribution in [0.3, 0.4) is 0 Å². The SMILES string of the molecule is Cc1c([C@@H]2CCCN(C(=O)[C@H]3CC(=O)N(CCCN(C)C)C3)C2)n2c(nc1=O)CCC2. The molecule has 0 N–H and O–H groups in total. The zero-order chi connectivity index (χ0) is 22.1. The van der Waals surface area contributed by atoms with E-state index in [1.807, 2.05) is 30.8 Å². The second-order valence-corrected chi connectivity index (χ2v) is 9.62. The first-order valence-corrected chi connectivity index (χ1v) is 11.7. The molecule has 1 aromatic rings. The van der Waals surface area contributed by atoms with Crippen LogP contribution in [0.1, 0.15) is 55.1 Å². The molecule has 0 bridgehead atoms. The number of piperidine rings is 1. The van der Waals surface area contributed by atoms with Crippen LogP contribution in [0.5, 0.6) is 0 Å². The predicted molar refractivity (Wildman–Crippen MR) is 118 cm³/mol. The molecule has 2 saturated heterocycles. The third-order valence-electron chi connectivity index (χ3n) is 7.04. The molecule has 0 unspecified atom stereocenters. The van der Waals surface area contributed by atoms with Gasteiger partial charge in [0, 0.05) is 62.7 Å². The summed E-state index contributed by atoms with van der Waals surface area (Å²) in [6, 6.07) is 0. The van der Waals surface area contributed by atoms with Crippen LogP contribution in [0, 0.1) is 12.8 Å². The fourth-order valence-electron chi connectivity index (χ4n) is 5.46. The summed E-state index contributed by atoms with van der Waals surface area (Å²) in [6.07, 6.45) is 5.03. The molecule has 2 atom stereocenters. The van der Waals surface area contributed by atoms with E-state index in [1.54, 1.807) is 0 Å². The van der Waals surface area contributed by atoms with Gasteiger partial charge in [-0.25, -0.2) is 0 Å². The number of carbonyl (C=O) groups excluding carboxylic acids is 2. The molecule has 0 saturated carbocycles. The summed E-state index contributed by atoms with van der Waals surface area (Å²) in [5.74, 6) is 1.02. The molecule has 3 aliphatic heterocycles. The summed E-state index contributed by atoms with van der Waals surface area (Å²) in [4.78, 5) is 48.3. The van der Waals surface area contributed by atoms with E-state index in [4.69, 9.17) is 0 Å². The summed E-state index contributed by atoms with van der Waals surface area (Å²) in [5, 5.41) is 0. The third kappa shape index (κ3) is 4.54. The van der Waals surface area contributed by atoms with Crippen LogP contribution in [-0.2, 0) is 22.6 Å². The third-order valence-corrected chi connectivity index (χ3v) is 7.04. The van der Waals surface area contributed by atoms with Gasteiger partial charge in [0.25, 0.3) is 5.56 Å². The van der Waals surface area contributed by atoms with Crippen molar-refractivity contribution in [2.45, 2.75) is 57.9 Å². The summed E-state index contributed by atoms with van der Waals surface area (Å²) in [7, 11) is 4.05. The number of likely N-dealkylation sites (tertiary alicyclic amines) is 2. The van der Waals surface area contributed by atoms with E-state index in [0.717, 1.165) is 68.8 Å². The van der Waals surface area contributed by atoms with Crippen molar-refractivity contribution < 1.29 is 9.59 Å². The molecule has 4 rings (SSSR count). The second kappa shape index (κ2) is 9.10. The van der Waals surface area contributed by atoms with Crippen LogP contribution in [-0.4, -0.2) is 82.9 Å². The lowest BCUT2D eigenvalue weighted by Gasteiger charge is -2.35. The first-order valence-electron chi connectivity index (χ1n) is 11.7. The highest BCUT2D eigenvalue weighted by molar-refractivity contribution is 5.89. The average molecular weight is 430 g/mol. The Hall–Kier alpha value is -2.22. The lowest BCUT2D eigenvalue weighted by atomic mass is 9.91. The molecule has 0 aromatic carbocycles. The zero-order valence-corrected chi connectivity index (χ0v) is 19.1. The molecule has 4 heterocycles. The largest absolute Gasteiger partial charge is 0.342 e. The van der Waals surface area contributed by atoms with Gasteiger partial charge in [-0.15, -0.1) is 0 Å². The van der Waals surface area contributed by atoms with Crippen molar-refractivity contribution in [2.24, 2.45) is 5.92 Å². The summed E-state index contributed by atoms with van der Waals surface area (Å²) < 4.78 is 2.22. The molecular formula is C23H35N5O3. The topological polar surface area (TPSA) is 78.8 Å². The predicted octanol–water partition coefficient (Wildman–Crippen LogP) is 1.00. The molecule has 0 radical (unpaired) electrons. The van der Waals surface area contributed by atoms with Gasteiger partial charge in [0.15, 0.2) is 0 Å². The Morgan fingerprint density at radius 3 is 2.74 bits per heavy atom. The summed E-state index contributed by atoms with van der Waals surface area (Å²) in [6.45, 7) is 6.34. The fourth-order valence-corrected chi connectivity index (χ4v) is 5.46. The van der Waals surface area contributed by atoms with Crippen LogP contribution < -0.4 is 5.56 Å². The lowest BCUT2D eigenvalue weighted by molar-refractivity contribution is -0.137. The summed E-state index contributed by atoms with van der Waals surface area (Å²) >= 11 is 0. The van der Waals surface area contributed by atoms with E-state index in [9.17, 15) is 14.4 Å². The zero-order valence-electron chi connectivity index (χ0n) is 19.1. The van der Waals surface area contributed by atoms with Crippen LogP contribution >= 0.6 is 0 Å². The highest BCUT2D eigenvalue weighted by atomic mass is 16.2. The van der Waals surface area contributed by atoms with Crippen molar-refractivity contribution in [2.75, 3.05) is 46.8 Å². The Morgan fingerprint density at radius 2 is 1.97 bits per heavy atom. The molecule has 8 nitrogen and oxygen atoms in total. The van der Waals surface area contributed by atoms with E-state index in [0.29, 0.717) is 26.1 Å². The molecule has 3 aliphatic rings. The average Bonchev–Trinajstić information content (AvgIpc) is 3.34. The van der Waals surface area contributed by atoms with E-state index >= 15 is 0 Å². The minimum atomic E-state index is -0.238. The van der Waals surface area contributed by atoms with Gasteiger partial charge in [0.05, 0.1) is 5.92 Å². The van der Waals surface area contributed by atoms with Gasteiger partial charge in [0.1, 0.15) is 5.82 Å². The maximum absolute atomic E-state index is 13.3. The molecule has 1 aromatic heterocycles. The molecule has 170 valence electrons. The van der Waals surface area contributed by atoms with Gasteiger partial charge in [0.2, 0.25) is 11.8 Å². The van der Waals surface area contributed by atoms with Crippen LogP contribution in [0.2, 0.25) is 0 Å². The molecule has 0 aliphatic carbocycles. The Labute approximate surface area is 184 Å². The van der Waals surface area contributed by atoms with Crippen molar-refractivity contribution >= 4 is 11.8 Å². The second-order valence-electron chi connectivity index (χ2n) is 9.62. The Kier molecular flexibility index (Phi) is 6.46. The number of rotatable bonds is 6. The van der Waals surface area contributed by atoms with Crippen molar-refractivity contribution in [1.82, 2.24) is 24.3 Å². The quantitative estimate of drug-likeness (QED) is 0.674. The molecule has 8 heteroatoms. The smallest absolute Gasteiger partial charge is 0.276 e. The number of amides is 2. The number of hydrogen-bond acceptors (Lipinski definition) is 5. The Balaban J connectivity index is 1.43. The van der Waals surface area contributed by atoms with Gasteiger partial charge < -0.3 is 19.3 Å². The number of carbonyl (C=O) groups is 2. The molecule has 0 spiro atoms. The van der Waals surface area contributed by atoms with E-state index in [2.05, 4.69) is 14.5 Å². The normalized spacial score (nSPS) is 23.7. The number of aryl methyl sites for hydroxylation is 1. The van der Waals surface area contributed by atoms with Crippen LogP contribution in [0.4, 0.5) is 0 Å². The first-order chi connectivity index (χ1) is 14.8. The Morgan fingerprint density at radius 1 is 1.16 bits per heavy atom. The maximum atomic E-state index is 13.3. The van der Waals surface area contributed by atoms with Gasteiger partial charge in [-0.05, 0) is 53.2 Å². The highest BCUT2D eigenvalue weighted by Crippen LogP contribution is 2.32. The van der Waals surface area contributed by atoms with Crippen molar-refractivity contribution in [3.05, 3.63) is 27.4 Å². The van der Waals surface area contributed by atoms with Crippen LogP contribution in [0.15, 0.2) is 4.79 Å². The number of hydrogen-bond donors (Lipinski definition) is 0. The maximum Gasteiger partial charge on any atom is 0.276 e. The summed E-state index contributed by atoms with van der Waals surface area (Å²) in [5.41, 5.74) is 1.69. The number of fused-ring (bicyclic) bond motifs is 1. The fraction of sp³-hybridized carbons (Fsp3) is 0.739. The van der Waals surface area contributed by atoms with Crippen LogP contribution in [0.25, 0.3) is 0 Å². The van der Waals surface area contributed by atoms with Gasteiger partial charge >= 0.3 is 0 Å².